The molecular weight excluding hydrogens is 240 g/mol. The molecule has 3 unspecified atom stereocenters. The Morgan fingerprint density at radius 2 is 2.00 bits per heavy atom. The zero-order valence-electron chi connectivity index (χ0n) is 12.3. The first-order valence-corrected chi connectivity index (χ1v) is 7.69. The average molecular weight is 266 g/mol. The average Bonchev–Trinajstić information content (AvgIpc) is 3.19. The van der Waals surface area contributed by atoms with Gasteiger partial charge in [-0.2, -0.15) is 0 Å². The second-order valence-electron chi connectivity index (χ2n) is 6.14. The van der Waals surface area contributed by atoms with Crippen LogP contribution in [0.15, 0.2) is 0 Å². The first-order valence-electron chi connectivity index (χ1n) is 7.69. The standard InChI is InChI=1S/C15H26N2O2/c1-4-6-12-15(19)17(9-10(3)5-2)13(11-7-8-11)14(18)16-12/h10-13H,4-9H2,1-3H3,(H,16,18). The van der Waals surface area contributed by atoms with Crippen LogP contribution in [0.2, 0.25) is 0 Å². The highest BCUT2D eigenvalue weighted by atomic mass is 16.2. The van der Waals surface area contributed by atoms with Gasteiger partial charge in [0.15, 0.2) is 0 Å². The Morgan fingerprint density at radius 3 is 2.53 bits per heavy atom. The topological polar surface area (TPSA) is 49.4 Å². The van der Waals surface area contributed by atoms with E-state index in [1.807, 2.05) is 11.8 Å². The highest BCUT2D eigenvalue weighted by Gasteiger charge is 2.47. The van der Waals surface area contributed by atoms with E-state index >= 15 is 0 Å². The fraction of sp³-hybridized carbons (Fsp3) is 0.867. The van der Waals surface area contributed by atoms with Crippen LogP contribution >= 0.6 is 0 Å². The Kier molecular flexibility index (Phi) is 4.48. The zero-order chi connectivity index (χ0) is 14.0. The van der Waals surface area contributed by atoms with Gasteiger partial charge >= 0.3 is 0 Å². The molecule has 4 nitrogen and oxygen atoms in total. The van der Waals surface area contributed by atoms with Crippen LogP contribution in [-0.4, -0.2) is 35.3 Å². The maximum atomic E-state index is 12.6. The quantitative estimate of drug-likeness (QED) is 0.798. The summed E-state index contributed by atoms with van der Waals surface area (Å²) in [5.74, 6) is 1.07. The van der Waals surface area contributed by atoms with Crippen LogP contribution < -0.4 is 5.32 Å². The second kappa shape index (κ2) is 5.93. The van der Waals surface area contributed by atoms with Crippen LogP contribution in [0.3, 0.4) is 0 Å². The lowest BCUT2D eigenvalue weighted by atomic mass is 9.98. The van der Waals surface area contributed by atoms with Gasteiger partial charge in [-0.1, -0.05) is 33.6 Å². The van der Waals surface area contributed by atoms with Gasteiger partial charge in [0, 0.05) is 6.54 Å². The number of nitrogens with zero attached hydrogens (tertiary/aromatic N) is 1. The number of piperazine rings is 1. The molecule has 108 valence electrons. The van der Waals surface area contributed by atoms with Crippen molar-refractivity contribution in [1.82, 2.24) is 10.2 Å². The van der Waals surface area contributed by atoms with Gasteiger partial charge in [0.1, 0.15) is 12.1 Å². The Bertz CT molecular complexity index is 352. The summed E-state index contributed by atoms with van der Waals surface area (Å²) < 4.78 is 0. The molecule has 2 amide bonds. The first-order chi connectivity index (χ1) is 9.08. The molecule has 1 saturated carbocycles. The molecule has 0 radical (unpaired) electrons. The fourth-order valence-corrected chi connectivity index (χ4v) is 2.83. The molecule has 2 fully saturated rings. The van der Waals surface area contributed by atoms with Gasteiger partial charge in [-0.25, -0.2) is 0 Å². The number of hydrogen-bond acceptors (Lipinski definition) is 2. The van der Waals surface area contributed by atoms with Gasteiger partial charge in [-0.15, -0.1) is 0 Å². The summed E-state index contributed by atoms with van der Waals surface area (Å²) in [5, 5.41) is 2.93. The van der Waals surface area contributed by atoms with E-state index in [0.29, 0.717) is 11.8 Å². The number of carbonyl (C=O) groups excluding carboxylic acids is 2. The number of amides is 2. The molecule has 2 aliphatic rings. The summed E-state index contributed by atoms with van der Waals surface area (Å²) in [6, 6.07) is -0.494. The molecule has 0 spiro atoms. The van der Waals surface area contributed by atoms with Crippen LogP contribution in [0.1, 0.15) is 52.9 Å². The smallest absolute Gasteiger partial charge is 0.245 e. The molecule has 0 aromatic carbocycles. The molecule has 1 saturated heterocycles. The Hall–Kier alpha value is -1.06. The predicted octanol–water partition coefficient (Wildman–Crippen LogP) is 1.94. The van der Waals surface area contributed by atoms with Gasteiger partial charge in [0.05, 0.1) is 0 Å². The summed E-state index contributed by atoms with van der Waals surface area (Å²) in [4.78, 5) is 26.7. The summed E-state index contributed by atoms with van der Waals surface area (Å²) in [5.41, 5.74) is 0. The maximum absolute atomic E-state index is 12.6. The lowest BCUT2D eigenvalue weighted by Gasteiger charge is -2.40. The molecule has 1 heterocycles. The normalized spacial score (nSPS) is 29.3. The van der Waals surface area contributed by atoms with E-state index in [9.17, 15) is 9.59 Å². The molecule has 0 bridgehead atoms. The SMILES string of the molecule is CCCC1NC(=O)C(C2CC2)N(CC(C)CC)C1=O. The van der Waals surface area contributed by atoms with E-state index in [2.05, 4.69) is 19.2 Å². The van der Waals surface area contributed by atoms with Crippen molar-refractivity contribution in [2.45, 2.75) is 65.0 Å². The van der Waals surface area contributed by atoms with Gasteiger partial charge in [0.25, 0.3) is 0 Å². The van der Waals surface area contributed by atoms with Gasteiger partial charge in [0.2, 0.25) is 11.8 Å². The third-order valence-electron chi connectivity index (χ3n) is 4.35. The predicted molar refractivity (Wildman–Crippen MR) is 74.5 cm³/mol. The summed E-state index contributed by atoms with van der Waals surface area (Å²) in [6.07, 6.45) is 4.88. The van der Waals surface area contributed by atoms with Crippen molar-refractivity contribution in [3.05, 3.63) is 0 Å². The minimum absolute atomic E-state index is 0.0730. The lowest BCUT2D eigenvalue weighted by Crippen LogP contribution is -2.64. The van der Waals surface area contributed by atoms with Crippen molar-refractivity contribution < 1.29 is 9.59 Å². The number of rotatable bonds is 6. The van der Waals surface area contributed by atoms with Crippen molar-refractivity contribution in [3.8, 4) is 0 Å². The van der Waals surface area contributed by atoms with E-state index in [1.165, 1.54) is 0 Å². The molecule has 3 atom stereocenters. The van der Waals surface area contributed by atoms with E-state index in [0.717, 1.165) is 38.6 Å². The Labute approximate surface area is 115 Å². The number of hydrogen-bond donors (Lipinski definition) is 1. The Balaban J connectivity index is 2.14. The van der Waals surface area contributed by atoms with Crippen LogP contribution in [0, 0.1) is 11.8 Å². The van der Waals surface area contributed by atoms with E-state index < -0.39 is 0 Å². The molecule has 1 N–H and O–H groups in total. The fourth-order valence-electron chi connectivity index (χ4n) is 2.83. The summed E-state index contributed by atoms with van der Waals surface area (Å²) >= 11 is 0. The molecule has 4 heteroatoms. The summed E-state index contributed by atoms with van der Waals surface area (Å²) in [6.45, 7) is 7.06. The largest absolute Gasteiger partial charge is 0.342 e. The highest BCUT2D eigenvalue weighted by molar-refractivity contribution is 5.97. The van der Waals surface area contributed by atoms with Gasteiger partial charge < -0.3 is 10.2 Å². The monoisotopic (exact) mass is 266 g/mol. The van der Waals surface area contributed by atoms with Gasteiger partial charge in [-0.05, 0) is 31.1 Å². The van der Waals surface area contributed by atoms with Crippen LogP contribution in [0.4, 0.5) is 0 Å². The maximum Gasteiger partial charge on any atom is 0.245 e. The molecule has 0 aromatic rings. The Morgan fingerprint density at radius 1 is 1.32 bits per heavy atom. The van der Waals surface area contributed by atoms with Crippen molar-refractivity contribution in [3.63, 3.8) is 0 Å². The van der Waals surface area contributed by atoms with Crippen LogP contribution in [0.5, 0.6) is 0 Å². The van der Waals surface area contributed by atoms with Crippen molar-refractivity contribution >= 4 is 11.8 Å². The second-order valence-corrected chi connectivity index (χ2v) is 6.14. The summed E-state index contributed by atoms with van der Waals surface area (Å²) in [7, 11) is 0. The first kappa shape index (κ1) is 14.4. The van der Waals surface area contributed by atoms with Crippen molar-refractivity contribution in [2.24, 2.45) is 11.8 Å². The minimum atomic E-state index is -0.295. The highest BCUT2D eigenvalue weighted by Crippen LogP contribution is 2.37. The van der Waals surface area contributed by atoms with E-state index in [-0.39, 0.29) is 23.9 Å². The number of carbonyl (C=O) groups is 2. The molecular formula is C15H26N2O2. The van der Waals surface area contributed by atoms with Crippen LogP contribution in [0.25, 0.3) is 0 Å². The van der Waals surface area contributed by atoms with E-state index in [4.69, 9.17) is 0 Å². The lowest BCUT2D eigenvalue weighted by molar-refractivity contribution is -0.151. The molecule has 1 aliphatic carbocycles. The van der Waals surface area contributed by atoms with Crippen molar-refractivity contribution in [2.75, 3.05) is 6.54 Å². The molecule has 2 rings (SSSR count). The van der Waals surface area contributed by atoms with Crippen molar-refractivity contribution in [1.29, 1.82) is 0 Å². The van der Waals surface area contributed by atoms with Crippen LogP contribution in [-0.2, 0) is 9.59 Å². The molecule has 0 aromatic heterocycles. The number of nitrogens with one attached hydrogen (secondary N) is 1. The third-order valence-corrected chi connectivity index (χ3v) is 4.35. The third kappa shape index (κ3) is 3.10. The van der Waals surface area contributed by atoms with Gasteiger partial charge in [-0.3, -0.25) is 9.59 Å². The minimum Gasteiger partial charge on any atom is -0.342 e. The zero-order valence-corrected chi connectivity index (χ0v) is 12.3. The van der Waals surface area contributed by atoms with E-state index in [1.54, 1.807) is 0 Å². The molecule has 1 aliphatic heterocycles. The molecule has 19 heavy (non-hydrogen) atoms.